The Labute approximate surface area is 159 Å². The topological polar surface area (TPSA) is 75.3 Å². The van der Waals surface area contributed by atoms with Gasteiger partial charge in [-0.1, -0.05) is 78.4 Å². The number of amides is 2. The molecule has 0 aliphatic heterocycles. The van der Waals surface area contributed by atoms with Crippen LogP contribution >= 0.6 is 0 Å². The summed E-state index contributed by atoms with van der Waals surface area (Å²) < 4.78 is 27.0. The highest BCUT2D eigenvalue weighted by atomic mass is 32.2. The van der Waals surface area contributed by atoms with E-state index in [9.17, 15) is 13.2 Å². The number of carbonyl (C=O) groups is 1. The fourth-order valence-corrected chi connectivity index (χ4v) is 3.62. The van der Waals surface area contributed by atoms with Crippen molar-refractivity contribution in [2.75, 3.05) is 0 Å². The van der Waals surface area contributed by atoms with Crippen LogP contribution in [-0.4, -0.2) is 14.4 Å². The molecule has 3 aromatic rings. The molecule has 0 bridgehead atoms. The number of hydrogen-bond acceptors (Lipinski definition) is 3. The van der Waals surface area contributed by atoms with Crippen LogP contribution in [0.1, 0.15) is 22.7 Å². The number of hydrogen-bond donors (Lipinski definition) is 2. The van der Waals surface area contributed by atoms with Gasteiger partial charge in [-0.05, 0) is 30.2 Å². The van der Waals surface area contributed by atoms with Crippen LogP contribution in [0, 0.1) is 6.92 Å². The number of nitrogens with one attached hydrogen (secondary N) is 2. The van der Waals surface area contributed by atoms with Crippen molar-refractivity contribution in [3.8, 4) is 0 Å². The number of carbonyl (C=O) groups excluding carboxylic acids is 1. The van der Waals surface area contributed by atoms with Crippen LogP contribution in [0.15, 0.2) is 89.8 Å². The van der Waals surface area contributed by atoms with Crippen molar-refractivity contribution >= 4 is 16.1 Å². The van der Waals surface area contributed by atoms with Crippen molar-refractivity contribution in [1.29, 1.82) is 0 Å². The van der Waals surface area contributed by atoms with E-state index in [0.29, 0.717) is 0 Å². The van der Waals surface area contributed by atoms with Crippen LogP contribution in [0.2, 0.25) is 0 Å². The minimum Gasteiger partial charge on any atom is -0.326 e. The van der Waals surface area contributed by atoms with Gasteiger partial charge in [0.2, 0.25) is 0 Å². The summed E-state index contributed by atoms with van der Waals surface area (Å²) in [7, 11) is -3.95. The van der Waals surface area contributed by atoms with E-state index < -0.39 is 22.1 Å². The van der Waals surface area contributed by atoms with E-state index in [1.165, 1.54) is 12.1 Å². The van der Waals surface area contributed by atoms with Gasteiger partial charge in [0.1, 0.15) is 0 Å². The number of benzene rings is 3. The van der Waals surface area contributed by atoms with E-state index in [-0.39, 0.29) is 4.90 Å². The van der Waals surface area contributed by atoms with Crippen LogP contribution in [0.3, 0.4) is 0 Å². The fraction of sp³-hybridized carbons (Fsp3) is 0.0952. The lowest BCUT2D eigenvalue weighted by Crippen LogP contribution is -2.41. The zero-order valence-electron chi connectivity index (χ0n) is 14.8. The monoisotopic (exact) mass is 380 g/mol. The first-order chi connectivity index (χ1) is 13.0. The van der Waals surface area contributed by atoms with Crippen molar-refractivity contribution in [2.24, 2.45) is 0 Å². The first kappa shape index (κ1) is 18.7. The maximum atomic E-state index is 12.5. The van der Waals surface area contributed by atoms with Gasteiger partial charge in [0.25, 0.3) is 10.0 Å². The Hall–Kier alpha value is -3.12. The molecule has 27 heavy (non-hydrogen) atoms. The third kappa shape index (κ3) is 4.74. The van der Waals surface area contributed by atoms with Crippen LogP contribution in [0.5, 0.6) is 0 Å². The Morgan fingerprint density at radius 1 is 0.778 bits per heavy atom. The van der Waals surface area contributed by atoms with Crippen LogP contribution in [0.4, 0.5) is 4.79 Å². The average Bonchev–Trinajstić information content (AvgIpc) is 2.67. The molecular formula is C21H20N2O3S. The first-order valence-electron chi connectivity index (χ1n) is 8.45. The van der Waals surface area contributed by atoms with Crippen LogP contribution in [-0.2, 0) is 10.0 Å². The highest BCUT2D eigenvalue weighted by Gasteiger charge is 2.21. The number of rotatable bonds is 5. The minimum absolute atomic E-state index is 0.0409. The van der Waals surface area contributed by atoms with E-state index in [0.717, 1.165) is 16.7 Å². The van der Waals surface area contributed by atoms with Crippen LogP contribution in [0.25, 0.3) is 0 Å². The molecule has 0 atom stereocenters. The molecule has 138 valence electrons. The largest absolute Gasteiger partial charge is 0.329 e. The van der Waals surface area contributed by atoms with Gasteiger partial charge in [-0.2, -0.15) is 0 Å². The summed E-state index contributed by atoms with van der Waals surface area (Å²) in [5.41, 5.74) is 2.64. The molecule has 0 unspecified atom stereocenters. The fourth-order valence-electron chi connectivity index (χ4n) is 2.71. The van der Waals surface area contributed by atoms with Gasteiger partial charge in [-0.3, -0.25) is 0 Å². The Morgan fingerprint density at radius 2 is 1.26 bits per heavy atom. The highest BCUT2D eigenvalue weighted by Crippen LogP contribution is 2.21. The van der Waals surface area contributed by atoms with E-state index in [4.69, 9.17) is 0 Å². The Kier molecular flexibility index (Phi) is 5.57. The quantitative estimate of drug-likeness (QED) is 0.707. The summed E-state index contributed by atoms with van der Waals surface area (Å²) in [4.78, 5) is 12.5. The summed E-state index contributed by atoms with van der Waals surface area (Å²) in [6.07, 6.45) is 0. The molecule has 2 N–H and O–H groups in total. The average molecular weight is 380 g/mol. The maximum Gasteiger partial charge on any atom is 0.329 e. The van der Waals surface area contributed by atoms with Gasteiger partial charge in [0, 0.05) is 0 Å². The van der Waals surface area contributed by atoms with Crippen molar-refractivity contribution in [2.45, 2.75) is 17.9 Å². The lowest BCUT2D eigenvalue weighted by Gasteiger charge is -2.20. The van der Waals surface area contributed by atoms with Gasteiger partial charge in [-0.15, -0.1) is 0 Å². The molecule has 0 spiro atoms. The summed E-state index contributed by atoms with van der Waals surface area (Å²) in [6, 6.07) is 23.8. The SMILES string of the molecule is Cc1ccc(S(=O)(=O)NC(=O)NC(c2ccccc2)c2ccccc2)cc1. The minimum atomic E-state index is -3.95. The van der Waals surface area contributed by atoms with Crippen molar-refractivity contribution in [3.63, 3.8) is 0 Å². The summed E-state index contributed by atoms with van der Waals surface area (Å²) >= 11 is 0. The summed E-state index contributed by atoms with van der Waals surface area (Å²) in [5, 5.41) is 2.76. The molecule has 3 rings (SSSR count). The van der Waals surface area contributed by atoms with Gasteiger partial charge >= 0.3 is 6.03 Å². The second-order valence-corrected chi connectivity index (χ2v) is 7.83. The number of aryl methyl sites for hydroxylation is 1. The molecule has 5 nitrogen and oxygen atoms in total. The molecule has 0 saturated carbocycles. The Bertz CT molecular complexity index is 963. The van der Waals surface area contributed by atoms with Crippen LogP contribution < -0.4 is 10.0 Å². The first-order valence-corrected chi connectivity index (χ1v) is 9.94. The van der Waals surface area contributed by atoms with E-state index in [2.05, 4.69) is 10.0 Å². The normalized spacial score (nSPS) is 11.2. The zero-order valence-corrected chi connectivity index (χ0v) is 15.6. The molecule has 3 aromatic carbocycles. The Morgan fingerprint density at radius 3 is 1.74 bits per heavy atom. The highest BCUT2D eigenvalue weighted by molar-refractivity contribution is 7.90. The van der Waals surface area contributed by atoms with Gasteiger partial charge in [-0.25, -0.2) is 17.9 Å². The number of urea groups is 1. The molecule has 0 aliphatic carbocycles. The van der Waals surface area contributed by atoms with Gasteiger partial charge in [0.15, 0.2) is 0 Å². The van der Waals surface area contributed by atoms with E-state index in [1.54, 1.807) is 12.1 Å². The van der Waals surface area contributed by atoms with Crippen molar-refractivity contribution in [1.82, 2.24) is 10.0 Å². The van der Waals surface area contributed by atoms with Crippen molar-refractivity contribution in [3.05, 3.63) is 102 Å². The van der Waals surface area contributed by atoms with Crippen molar-refractivity contribution < 1.29 is 13.2 Å². The van der Waals surface area contributed by atoms with Gasteiger partial charge < -0.3 is 5.32 Å². The molecular weight excluding hydrogens is 360 g/mol. The summed E-state index contributed by atoms with van der Waals surface area (Å²) in [5.74, 6) is 0. The lowest BCUT2D eigenvalue weighted by molar-refractivity contribution is 0.243. The predicted molar refractivity (Wildman–Crippen MR) is 105 cm³/mol. The second kappa shape index (κ2) is 8.05. The predicted octanol–water partition coefficient (Wildman–Crippen LogP) is 3.77. The molecule has 0 aromatic heterocycles. The molecule has 0 heterocycles. The summed E-state index contributed by atoms with van der Waals surface area (Å²) in [6.45, 7) is 1.86. The third-order valence-electron chi connectivity index (χ3n) is 4.10. The Balaban J connectivity index is 1.82. The molecule has 6 heteroatoms. The molecule has 0 aliphatic rings. The maximum absolute atomic E-state index is 12.5. The van der Waals surface area contributed by atoms with E-state index >= 15 is 0 Å². The third-order valence-corrected chi connectivity index (χ3v) is 5.45. The molecule has 2 amide bonds. The second-order valence-electron chi connectivity index (χ2n) is 6.15. The standard InChI is InChI=1S/C21H20N2O3S/c1-16-12-14-19(15-13-16)27(25,26)23-21(24)22-20(17-8-4-2-5-9-17)18-10-6-3-7-11-18/h2-15,20H,1H3,(H2,22,23,24). The smallest absolute Gasteiger partial charge is 0.326 e. The number of sulfonamides is 1. The zero-order chi connectivity index (χ0) is 19.3. The molecule has 0 saturated heterocycles. The molecule has 0 radical (unpaired) electrons. The van der Waals surface area contributed by atoms with Gasteiger partial charge in [0.05, 0.1) is 10.9 Å². The lowest BCUT2D eigenvalue weighted by atomic mass is 9.99. The van der Waals surface area contributed by atoms with E-state index in [1.807, 2.05) is 67.6 Å². The molecule has 0 fully saturated rings.